The van der Waals surface area contributed by atoms with E-state index in [1.165, 1.54) is 11.1 Å². The van der Waals surface area contributed by atoms with E-state index in [2.05, 4.69) is 11.4 Å². The van der Waals surface area contributed by atoms with Crippen molar-refractivity contribution in [1.29, 1.82) is 0 Å². The monoisotopic (exact) mass is 409 g/mol. The summed E-state index contributed by atoms with van der Waals surface area (Å²) >= 11 is 0. The Kier molecular flexibility index (Phi) is 6.87. The molecule has 1 N–H and O–H groups in total. The van der Waals surface area contributed by atoms with Crippen molar-refractivity contribution in [2.75, 3.05) is 0 Å². The van der Waals surface area contributed by atoms with Crippen molar-refractivity contribution in [2.24, 2.45) is 0 Å². The van der Waals surface area contributed by atoms with Gasteiger partial charge >= 0.3 is 11.9 Å². The molecule has 1 aliphatic rings. The Labute approximate surface area is 176 Å². The van der Waals surface area contributed by atoms with E-state index in [0.29, 0.717) is 12.8 Å². The summed E-state index contributed by atoms with van der Waals surface area (Å²) in [5.74, 6) is -1.11. The molecule has 0 spiro atoms. The topological polar surface area (TPSA) is 81.7 Å². The van der Waals surface area contributed by atoms with Gasteiger partial charge in [0, 0.05) is 18.8 Å². The number of benzene rings is 2. The fourth-order valence-electron chi connectivity index (χ4n) is 3.61. The largest absolute Gasteiger partial charge is 0.460 e. The fraction of sp³-hybridized carbons (Fsp3) is 0.375. The number of hydrogen-bond acceptors (Lipinski definition) is 5. The smallest absolute Gasteiger partial charge is 0.328 e. The van der Waals surface area contributed by atoms with Gasteiger partial charge in [0.2, 0.25) is 0 Å². The van der Waals surface area contributed by atoms with Crippen LogP contribution in [0.2, 0.25) is 0 Å². The first-order valence-corrected chi connectivity index (χ1v) is 10.3. The molecule has 30 heavy (non-hydrogen) atoms. The molecule has 2 unspecified atom stereocenters. The van der Waals surface area contributed by atoms with E-state index < -0.39 is 23.9 Å². The molecule has 0 saturated carbocycles. The molecule has 6 heteroatoms. The van der Waals surface area contributed by atoms with Crippen LogP contribution in [-0.4, -0.2) is 30.0 Å². The summed E-state index contributed by atoms with van der Waals surface area (Å²) in [5, 5.41) is 2.65. The third-order valence-corrected chi connectivity index (χ3v) is 5.30. The van der Waals surface area contributed by atoms with Gasteiger partial charge in [0.25, 0.3) is 5.91 Å². The third-order valence-electron chi connectivity index (χ3n) is 5.30. The van der Waals surface area contributed by atoms with Crippen LogP contribution >= 0.6 is 0 Å². The summed E-state index contributed by atoms with van der Waals surface area (Å²) in [7, 11) is 0. The molecule has 2 aromatic rings. The van der Waals surface area contributed by atoms with Gasteiger partial charge in [-0.3, -0.25) is 9.59 Å². The molecule has 1 amide bonds. The van der Waals surface area contributed by atoms with E-state index in [1.807, 2.05) is 32.0 Å². The van der Waals surface area contributed by atoms with Gasteiger partial charge in [-0.2, -0.15) is 0 Å². The van der Waals surface area contributed by atoms with Crippen LogP contribution < -0.4 is 10.1 Å². The van der Waals surface area contributed by atoms with E-state index in [0.717, 1.165) is 0 Å². The van der Waals surface area contributed by atoms with Crippen molar-refractivity contribution < 1.29 is 23.9 Å². The molecule has 2 aromatic carbocycles. The van der Waals surface area contributed by atoms with Crippen LogP contribution in [0, 0.1) is 0 Å². The Morgan fingerprint density at radius 3 is 2.53 bits per heavy atom. The molecule has 3 rings (SSSR count). The number of nitrogens with one attached hydrogen (secondary N) is 1. The molecule has 0 aliphatic heterocycles. The SMILES string of the molecule is CCCC(=O)Oc1ccccc1C(=O)N[C@@H](C)C(=O)OC1Cc2ccccc2C1C. The highest BCUT2D eigenvalue weighted by Crippen LogP contribution is 2.34. The molecule has 0 radical (unpaired) electrons. The van der Waals surface area contributed by atoms with Crippen molar-refractivity contribution in [3.63, 3.8) is 0 Å². The first-order valence-electron chi connectivity index (χ1n) is 10.3. The minimum atomic E-state index is -0.840. The van der Waals surface area contributed by atoms with E-state index in [-0.39, 0.29) is 29.8 Å². The molecule has 0 heterocycles. The second-order valence-corrected chi connectivity index (χ2v) is 7.58. The van der Waals surface area contributed by atoms with Crippen LogP contribution in [-0.2, 0) is 20.7 Å². The number of amides is 1. The normalized spacial score (nSPS) is 18.2. The Hall–Kier alpha value is -3.15. The molecule has 0 saturated heterocycles. The van der Waals surface area contributed by atoms with Gasteiger partial charge in [-0.25, -0.2) is 4.79 Å². The second kappa shape index (κ2) is 9.57. The number of ether oxygens (including phenoxy) is 2. The van der Waals surface area contributed by atoms with Crippen LogP contribution in [0.5, 0.6) is 5.75 Å². The van der Waals surface area contributed by atoms with Gasteiger partial charge in [0.1, 0.15) is 17.9 Å². The molecule has 0 bridgehead atoms. The molecule has 3 atom stereocenters. The zero-order valence-corrected chi connectivity index (χ0v) is 17.5. The molecule has 0 aromatic heterocycles. The fourth-order valence-corrected chi connectivity index (χ4v) is 3.61. The molecular formula is C24H27NO5. The van der Waals surface area contributed by atoms with E-state index in [4.69, 9.17) is 9.47 Å². The molecule has 1 aliphatic carbocycles. The molecule has 6 nitrogen and oxygen atoms in total. The number of carbonyl (C=O) groups is 3. The Bertz CT molecular complexity index is 939. The van der Waals surface area contributed by atoms with Crippen LogP contribution in [0.1, 0.15) is 61.0 Å². The number of hydrogen-bond donors (Lipinski definition) is 1. The van der Waals surface area contributed by atoms with Gasteiger partial charge in [-0.05, 0) is 36.6 Å². The van der Waals surface area contributed by atoms with Crippen LogP contribution in [0.3, 0.4) is 0 Å². The van der Waals surface area contributed by atoms with E-state index >= 15 is 0 Å². The number of fused-ring (bicyclic) bond motifs is 1. The number of rotatable bonds is 7. The molecule has 0 fully saturated rings. The standard InChI is InChI=1S/C24H27NO5/c1-4-9-22(26)29-20-13-8-7-12-19(20)23(27)25-16(3)24(28)30-21-14-17-10-5-6-11-18(17)15(21)2/h5-8,10-13,15-16,21H,4,9,14H2,1-3H3,(H,25,27)/t15?,16-,21?/m0/s1. The van der Waals surface area contributed by atoms with E-state index in [9.17, 15) is 14.4 Å². The van der Waals surface area contributed by atoms with Crippen molar-refractivity contribution in [3.8, 4) is 5.75 Å². The summed E-state index contributed by atoms with van der Waals surface area (Å²) in [5.41, 5.74) is 2.57. The summed E-state index contributed by atoms with van der Waals surface area (Å²) in [6, 6.07) is 13.7. The second-order valence-electron chi connectivity index (χ2n) is 7.58. The van der Waals surface area contributed by atoms with E-state index in [1.54, 1.807) is 31.2 Å². The number of carbonyl (C=O) groups excluding carboxylic acids is 3. The zero-order valence-electron chi connectivity index (χ0n) is 17.5. The maximum Gasteiger partial charge on any atom is 0.328 e. The summed E-state index contributed by atoms with van der Waals surface area (Å²) in [6.07, 6.45) is 1.33. The summed E-state index contributed by atoms with van der Waals surface area (Å²) in [4.78, 5) is 37.1. The third kappa shape index (κ3) is 4.87. The minimum absolute atomic E-state index is 0.103. The van der Waals surface area contributed by atoms with Crippen LogP contribution in [0.4, 0.5) is 0 Å². The predicted octanol–water partition coefficient (Wildman–Crippen LogP) is 3.78. The highest BCUT2D eigenvalue weighted by molar-refractivity contribution is 5.99. The van der Waals surface area contributed by atoms with Gasteiger partial charge in [0.05, 0.1) is 5.56 Å². The van der Waals surface area contributed by atoms with Gasteiger partial charge in [0.15, 0.2) is 0 Å². The number of para-hydroxylation sites is 1. The average molecular weight is 409 g/mol. The van der Waals surface area contributed by atoms with Crippen molar-refractivity contribution >= 4 is 17.8 Å². The zero-order chi connectivity index (χ0) is 21.7. The van der Waals surface area contributed by atoms with Crippen LogP contribution in [0.15, 0.2) is 48.5 Å². The van der Waals surface area contributed by atoms with Gasteiger partial charge < -0.3 is 14.8 Å². The predicted molar refractivity (Wildman–Crippen MR) is 112 cm³/mol. The first kappa shape index (κ1) is 21.6. The highest BCUT2D eigenvalue weighted by Gasteiger charge is 2.33. The van der Waals surface area contributed by atoms with Crippen molar-refractivity contribution in [2.45, 2.75) is 58.1 Å². The lowest BCUT2D eigenvalue weighted by Crippen LogP contribution is -2.41. The van der Waals surface area contributed by atoms with Crippen molar-refractivity contribution in [3.05, 3.63) is 65.2 Å². The molecule has 158 valence electrons. The lowest BCUT2D eigenvalue weighted by atomic mass is 10.0. The maximum atomic E-state index is 12.7. The summed E-state index contributed by atoms with van der Waals surface area (Å²) in [6.45, 7) is 5.49. The van der Waals surface area contributed by atoms with Crippen LogP contribution in [0.25, 0.3) is 0 Å². The minimum Gasteiger partial charge on any atom is -0.460 e. The number of esters is 2. The Morgan fingerprint density at radius 1 is 1.10 bits per heavy atom. The van der Waals surface area contributed by atoms with Gasteiger partial charge in [-0.1, -0.05) is 50.2 Å². The lowest BCUT2D eigenvalue weighted by Gasteiger charge is -2.20. The summed E-state index contributed by atoms with van der Waals surface area (Å²) < 4.78 is 11.0. The Morgan fingerprint density at radius 2 is 1.80 bits per heavy atom. The van der Waals surface area contributed by atoms with Gasteiger partial charge in [-0.15, -0.1) is 0 Å². The average Bonchev–Trinajstić information content (AvgIpc) is 3.04. The Balaban J connectivity index is 1.61. The quantitative estimate of drug-likeness (QED) is 0.556. The maximum absolute atomic E-state index is 12.7. The first-order chi connectivity index (χ1) is 14.4. The lowest BCUT2D eigenvalue weighted by molar-refractivity contribution is -0.151. The highest BCUT2D eigenvalue weighted by atomic mass is 16.5. The molecular weight excluding hydrogens is 382 g/mol. The van der Waals surface area contributed by atoms with Crippen molar-refractivity contribution in [1.82, 2.24) is 5.32 Å².